The fourth-order valence-corrected chi connectivity index (χ4v) is 2.84. The van der Waals surface area contributed by atoms with Gasteiger partial charge in [-0.1, -0.05) is 31.4 Å². The van der Waals surface area contributed by atoms with Gasteiger partial charge in [0.2, 0.25) is 0 Å². The molecule has 2 N–H and O–H groups in total. The second-order valence-corrected chi connectivity index (χ2v) is 5.84. The number of ether oxygens (including phenoxy) is 2. The summed E-state index contributed by atoms with van der Waals surface area (Å²) < 4.78 is 11.2. The van der Waals surface area contributed by atoms with E-state index in [4.69, 9.17) is 15.2 Å². The van der Waals surface area contributed by atoms with Gasteiger partial charge in [0.1, 0.15) is 5.75 Å². The summed E-state index contributed by atoms with van der Waals surface area (Å²) in [5, 5.41) is 0. The lowest BCUT2D eigenvalue weighted by molar-refractivity contribution is 0.0169. The van der Waals surface area contributed by atoms with E-state index in [0.717, 1.165) is 23.8 Å². The van der Waals surface area contributed by atoms with Gasteiger partial charge in [-0.25, -0.2) is 0 Å². The molecule has 3 nitrogen and oxygen atoms in total. The fraction of sp³-hybridized carbons (Fsp3) is 0.647. The Morgan fingerprint density at radius 2 is 1.80 bits per heavy atom. The summed E-state index contributed by atoms with van der Waals surface area (Å²) in [6, 6.07) is 7.85. The maximum atomic E-state index is 6.28. The first-order valence-electron chi connectivity index (χ1n) is 7.72. The van der Waals surface area contributed by atoms with Crippen molar-refractivity contribution in [2.75, 3.05) is 13.7 Å². The average Bonchev–Trinajstić information content (AvgIpc) is 2.53. The van der Waals surface area contributed by atoms with Crippen LogP contribution in [-0.2, 0) is 4.74 Å². The molecule has 0 aliphatic heterocycles. The van der Waals surface area contributed by atoms with E-state index in [0.29, 0.717) is 0 Å². The summed E-state index contributed by atoms with van der Waals surface area (Å²) in [6.45, 7) is 2.92. The Morgan fingerprint density at radius 1 is 1.15 bits per heavy atom. The van der Waals surface area contributed by atoms with Crippen LogP contribution in [-0.4, -0.2) is 19.8 Å². The van der Waals surface area contributed by atoms with E-state index in [-0.39, 0.29) is 12.1 Å². The largest absolute Gasteiger partial charge is 0.497 e. The van der Waals surface area contributed by atoms with Crippen molar-refractivity contribution >= 4 is 0 Å². The van der Waals surface area contributed by atoms with E-state index in [1.807, 2.05) is 24.3 Å². The molecule has 0 radical (unpaired) electrons. The second kappa shape index (κ2) is 7.65. The van der Waals surface area contributed by atoms with Gasteiger partial charge in [0, 0.05) is 6.61 Å². The van der Waals surface area contributed by atoms with Crippen LogP contribution in [0.15, 0.2) is 24.3 Å². The van der Waals surface area contributed by atoms with E-state index in [1.54, 1.807) is 7.11 Å². The molecule has 0 amide bonds. The molecule has 0 aromatic heterocycles. The molecular weight excluding hydrogens is 250 g/mol. The van der Waals surface area contributed by atoms with E-state index in [2.05, 4.69) is 6.92 Å². The Bertz CT molecular complexity index is 384. The molecule has 1 fully saturated rings. The molecule has 1 aliphatic rings. The minimum absolute atomic E-state index is 0.0466. The Hall–Kier alpha value is -1.06. The summed E-state index contributed by atoms with van der Waals surface area (Å²) in [5.41, 5.74) is 7.38. The van der Waals surface area contributed by atoms with Gasteiger partial charge in [0.05, 0.1) is 19.3 Å². The third kappa shape index (κ3) is 4.22. The summed E-state index contributed by atoms with van der Waals surface area (Å²) in [5.74, 6) is 1.59. The Kier molecular flexibility index (Phi) is 5.86. The summed E-state index contributed by atoms with van der Waals surface area (Å²) in [7, 11) is 1.67. The SMILES string of the molecule is COc1ccc(C(N)C(C)OCC2CCCCC2)cc1. The number of methoxy groups -OCH3 is 1. The van der Waals surface area contributed by atoms with Crippen molar-refractivity contribution in [3.8, 4) is 5.75 Å². The van der Waals surface area contributed by atoms with Gasteiger partial charge in [-0.3, -0.25) is 0 Å². The lowest BCUT2D eigenvalue weighted by Gasteiger charge is -2.26. The minimum Gasteiger partial charge on any atom is -0.497 e. The second-order valence-electron chi connectivity index (χ2n) is 5.84. The van der Waals surface area contributed by atoms with Gasteiger partial charge in [-0.05, 0) is 43.4 Å². The summed E-state index contributed by atoms with van der Waals surface area (Å²) in [4.78, 5) is 0. The lowest BCUT2D eigenvalue weighted by atomic mass is 9.90. The first-order chi connectivity index (χ1) is 9.70. The maximum Gasteiger partial charge on any atom is 0.118 e. The number of benzene rings is 1. The molecule has 1 aromatic carbocycles. The van der Waals surface area contributed by atoms with Crippen LogP contribution in [0, 0.1) is 5.92 Å². The first-order valence-corrected chi connectivity index (χ1v) is 7.72. The van der Waals surface area contributed by atoms with Crippen molar-refractivity contribution in [2.24, 2.45) is 11.7 Å². The van der Waals surface area contributed by atoms with E-state index >= 15 is 0 Å². The topological polar surface area (TPSA) is 44.5 Å². The number of hydrogen-bond donors (Lipinski definition) is 1. The Morgan fingerprint density at radius 3 is 2.40 bits per heavy atom. The zero-order chi connectivity index (χ0) is 14.4. The van der Waals surface area contributed by atoms with Crippen LogP contribution in [0.1, 0.15) is 50.6 Å². The first kappa shape index (κ1) is 15.3. The highest BCUT2D eigenvalue weighted by Crippen LogP contribution is 2.25. The minimum atomic E-state index is -0.0792. The van der Waals surface area contributed by atoms with Crippen LogP contribution < -0.4 is 10.5 Å². The van der Waals surface area contributed by atoms with Crippen molar-refractivity contribution in [2.45, 2.75) is 51.2 Å². The molecule has 20 heavy (non-hydrogen) atoms. The predicted octanol–water partition coefficient (Wildman–Crippen LogP) is 3.68. The van der Waals surface area contributed by atoms with Crippen LogP contribution in [0.2, 0.25) is 0 Å². The van der Waals surface area contributed by atoms with Gasteiger partial charge in [0.25, 0.3) is 0 Å². The zero-order valence-corrected chi connectivity index (χ0v) is 12.7. The zero-order valence-electron chi connectivity index (χ0n) is 12.7. The van der Waals surface area contributed by atoms with Crippen LogP contribution in [0.4, 0.5) is 0 Å². The fourth-order valence-electron chi connectivity index (χ4n) is 2.84. The normalized spacial score (nSPS) is 19.6. The highest BCUT2D eigenvalue weighted by molar-refractivity contribution is 5.29. The van der Waals surface area contributed by atoms with Crippen LogP contribution >= 0.6 is 0 Å². The standard InChI is InChI=1S/C17H27NO2/c1-13(20-12-14-6-4-3-5-7-14)17(18)15-8-10-16(19-2)11-9-15/h8-11,13-14,17H,3-7,12,18H2,1-2H3. The highest BCUT2D eigenvalue weighted by Gasteiger charge is 2.19. The summed E-state index contributed by atoms with van der Waals surface area (Å²) >= 11 is 0. The molecule has 1 aliphatic carbocycles. The van der Waals surface area contributed by atoms with E-state index in [9.17, 15) is 0 Å². The number of nitrogens with two attached hydrogens (primary N) is 1. The number of hydrogen-bond acceptors (Lipinski definition) is 3. The van der Waals surface area contributed by atoms with Gasteiger partial charge in [-0.2, -0.15) is 0 Å². The molecule has 3 heteroatoms. The molecule has 0 heterocycles. The van der Waals surface area contributed by atoms with Crippen molar-refractivity contribution in [3.05, 3.63) is 29.8 Å². The Balaban J connectivity index is 1.82. The molecule has 112 valence electrons. The molecular formula is C17H27NO2. The summed E-state index contributed by atoms with van der Waals surface area (Å²) in [6.07, 6.45) is 6.76. The molecule has 1 saturated carbocycles. The van der Waals surface area contributed by atoms with Gasteiger partial charge >= 0.3 is 0 Å². The quantitative estimate of drug-likeness (QED) is 0.862. The van der Waals surface area contributed by atoms with Crippen molar-refractivity contribution in [1.82, 2.24) is 0 Å². The van der Waals surface area contributed by atoms with Crippen molar-refractivity contribution < 1.29 is 9.47 Å². The van der Waals surface area contributed by atoms with E-state index in [1.165, 1.54) is 32.1 Å². The molecule has 0 spiro atoms. The highest BCUT2D eigenvalue weighted by atomic mass is 16.5. The molecule has 2 rings (SSSR count). The average molecular weight is 277 g/mol. The van der Waals surface area contributed by atoms with Crippen LogP contribution in [0.5, 0.6) is 5.75 Å². The van der Waals surface area contributed by atoms with Crippen LogP contribution in [0.25, 0.3) is 0 Å². The molecule has 2 unspecified atom stereocenters. The molecule has 0 saturated heterocycles. The third-order valence-corrected chi connectivity index (χ3v) is 4.33. The van der Waals surface area contributed by atoms with Gasteiger partial charge < -0.3 is 15.2 Å². The van der Waals surface area contributed by atoms with Crippen molar-refractivity contribution in [3.63, 3.8) is 0 Å². The van der Waals surface area contributed by atoms with Gasteiger partial charge in [0.15, 0.2) is 0 Å². The molecule has 2 atom stereocenters. The molecule has 0 bridgehead atoms. The number of rotatable bonds is 6. The van der Waals surface area contributed by atoms with E-state index < -0.39 is 0 Å². The third-order valence-electron chi connectivity index (χ3n) is 4.33. The maximum absolute atomic E-state index is 6.28. The molecule has 1 aromatic rings. The smallest absolute Gasteiger partial charge is 0.118 e. The lowest BCUT2D eigenvalue weighted by Crippen LogP contribution is -2.28. The van der Waals surface area contributed by atoms with Crippen LogP contribution in [0.3, 0.4) is 0 Å². The van der Waals surface area contributed by atoms with Crippen molar-refractivity contribution in [1.29, 1.82) is 0 Å². The predicted molar refractivity (Wildman–Crippen MR) is 81.9 cm³/mol. The van der Waals surface area contributed by atoms with Gasteiger partial charge in [-0.15, -0.1) is 0 Å². The monoisotopic (exact) mass is 277 g/mol. The Labute approximate surface area is 122 Å².